The van der Waals surface area contributed by atoms with Crippen LogP contribution in [0, 0.1) is 6.92 Å². The quantitative estimate of drug-likeness (QED) is 0.820. The van der Waals surface area contributed by atoms with Crippen molar-refractivity contribution in [2.45, 2.75) is 39.7 Å². The van der Waals surface area contributed by atoms with Gasteiger partial charge in [-0.3, -0.25) is 9.69 Å². The highest BCUT2D eigenvalue weighted by atomic mass is 32.2. The summed E-state index contributed by atoms with van der Waals surface area (Å²) >= 11 is 5.21. The monoisotopic (exact) mass is 355 g/mol. The maximum absolute atomic E-state index is 12.6. The van der Waals surface area contributed by atoms with E-state index in [1.165, 1.54) is 0 Å². The van der Waals surface area contributed by atoms with Gasteiger partial charge in [-0.2, -0.15) is 8.42 Å². The van der Waals surface area contributed by atoms with Crippen molar-refractivity contribution in [2.24, 2.45) is 4.36 Å². The third-order valence-corrected chi connectivity index (χ3v) is 4.28. The Morgan fingerprint density at radius 3 is 2.61 bits per heavy atom. The van der Waals surface area contributed by atoms with Crippen molar-refractivity contribution in [3.8, 4) is 0 Å². The average molecular weight is 355 g/mol. The molecule has 8 heteroatoms. The largest absolute Gasteiger partial charge is 0.365 e. The first-order valence-electron chi connectivity index (χ1n) is 7.24. The molecule has 0 radical (unpaired) electrons. The van der Waals surface area contributed by atoms with Gasteiger partial charge >= 0.3 is 10.5 Å². The number of thiocarbonyl (C=S) groups is 1. The Morgan fingerprint density at radius 1 is 1.43 bits per heavy atom. The molecule has 0 saturated heterocycles. The molecule has 126 valence electrons. The molecule has 0 aromatic heterocycles. The molecular formula is C15H21N3O3S2. The lowest BCUT2D eigenvalue weighted by Gasteiger charge is -2.28. The Morgan fingerprint density at radius 2 is 2.09 bits per heavy atom. The number of rotatable bonds is 5. The first-order chi connectivity index (χ1) is 10.8. The van der Waals surface area contributed by atoms with Crippen molar-refractivity contribution in [1.82, 2.24) is 10.2 Å². The zero-order chi connectivity index (χ0) is 17.6. The van der Waals surface area contributed by atoms with Crippen LogP contribution in [0.25, 0.3) is 0 Å². The van der Waals surface area contributed by atoms with Gasteiger partial charge in [0, 0.05) is 13.1 Å². The lowest BCUT2D eigenvalue weighted by atomic mass is 10.1. The minimum atomic E-state index is -2.53. The molecule has 23 heavy (non-hydrogen) atoms. The molecule has 1 N–H and O–H groups in total. The highest BCUT2D eigenvalue weighted by Crippen LogP contribution is 2.21. The molecule has 1 unspecified atom stereocenters. The van der Waals surface area contributed by atoms with Crippen LogP contribution in [0.1, 0.15) is 31.4 Å². The van der Waals surface area contributed by atoms with E-state index in [1.54, 1.807) is 37.1 Å². The smallest absolute Gasteiger partial charge is 0.316 e. The molecule has 0 aliphatic carbocycles. The second-order valence-electron chi connectivity index (χ2n) is 5.18. The minimum absolute atomic E-state index is 0.0220. The second-order valence-corrected chi connectivity index (χ2v) is 6.19. The summed E-state index contributed by atoms with van der Waals surface area (Å²) in [7, 11) is -0.847. The number of benzene rings is 1. The number of amides is 1. The van der Waals surface area contributed by atoms with Crippen molar-refractivity contribution in [1.29, 1.82) is 0 Å². The maximum Gasteiger partial charge on any atom is 0.316 e. The number of carbonyl (C=O) groups excluding carboxylic acids is 1. The van der Waals surface area contributed by atoms with Crippen LogP contribution in [0.4, 0.5) is 5.69 Å². The first kappa shape index (κ1) is 19.2. The van der Waals surface area contributed by atoms with Crippen molar-refractivity contribution < 1.29 is 13.2 Å². The maximum atomic E-state index is 12.6. The molecule has 0 saturated carbocycles. The van der Waals surface area contributed by atoms with Gasteiger partial charge in [0.05, 0.1) is 12.1 Å². The van der Waals surface area contributed by atoms with E-state index in [4.69, 9.17) is 12.2 Å². The molecule has 6 nitrogen and oxygen atoms in total. The highest BCUT2D eigenvalue weighted by molar-refractivity contribution is 7.80. The number of nitrogens with one attached hydrogen (secondary N) is 1. The van der Waals surface area contributed by atoms with Crippen molar-refractivity contribution in [2.75, 3.05) is 7.05 Å². The van der Waals surface area contributed by atoms with Gasteiger partial charge in [-0.25, -0.2) is 0 Å². The van der Waals surface area contributed by atoms with Crippen molar-refractivity contribution >= 4 is 39.4 Å². The van der Waals surface area contributed by atoms with Crippen molar-refractivity contribution in [3.05, 3.63) is 29.3 Å². The molecule has 0 fully saturated rings. The summed E-state index contributed by atoms with van der Waals surface area (Å²) in [6.07, 6.45) is 0.900. The van der Waals surface area contributed by atoms with Crippen LogP contribution in [0.2, 0.25) is 0 Å². The molecule has 0 heterocycles. The van der Waals surface area contributed by atoms with Gasteiger partial charge in [0.1, 0.15) is 0 Å². The fraction of sp³-hybridized carbons (Fsp3) is 0.467. The standard InChI is InChI=1S/C15H21N3O3S2/c1-5-11(3)18(15(22)16-4)14(19)9-12-7-6-10(2)13(8-12)17-23(20)21/h6-8,11H,5,9H2,1-4H3,(H,16,22). The lowest BCUT2D eigenvalue weighted by Crippen LogP contribution is -2.47. The molecule has 1 aromatic rings. The van der Waals surface area contributed by atoms with E-state index in [-0.39, 0.29) is 18.4 Å². The molecule has 1 amide bonds. The van der Waals surface area contributed by atoms with E-state index >= 15 is 0 Å². The lowest BCUT2D eigenvalue weighted by molar-refractivity contribution is -0.128. The van der Waals surface area contributed by atoms with Crippen LogP contribution in [-0.2, 0) is 21.7 Å². The van der Waals surface area contributed by atoms with Gasteiger partial charge in [0.15, 0.2) is 5.11 Å². The van der Waals surface area contributed by atoms with Gasteiger partial charge in [-0.1, -0.05) is 19.1 Å². The van der Waals surface area contributed by atoms with Gasteiger partial charge in [-0.05, 0) is 49.7 Å². The van der Waals surface area contributed by atoms with Gasteiger partial charge in [0.2, 0.25) is 5.91 Å². The van der Waals surface area contributed by atoms with Crippen LogP contribution >= 0.6 is 12.2 Å². The second kappa shape index (κ2) is 8.73. The average Bonchev–Trinajstić information content (AvgIpc) is 2.49. The molecule has 0 bridgehead atoms. The molecule has 1 aromatic carbocycles. The highest BCUT2D eigenvalue weighted by Gasteiger charge is 2.22. The molecule has 1 atom stereocenters. The Balaban J connectivity index is 3.08. The zero-order valence-corrected chi connectivity index (χ0v) is 15.3. The minimum Gasteiger partial charge on any atom is -0.365 e. The van der Waals surface area contributed by atoms with Crippen LogP contribution in [0.5, 0.6) is 0 Å². The Labute approximate surface area is 143 Å². The Kier molecular flexibility index (Phi) is 7.31. The Bertz CT molecular complexity index is 721. The third-order valence-electron chi connectivity index (χ3n) is 3.53. The number of carbonyl (C=O) groups is 1. The number of aryl methyl sites for hydroxylation is 1. The Hall–Kier alpha value is -1.80. The van der Waals surface area contributed by atoms with E-state index in [0.717, 1.165) is 12.0 Å². The summed E-state index contributed by atoms with van der Waals surface area (Å²) < 4.78 is 25.0. The summed E-state index contributed by atoms with van der Waals surface area (Å²) in [4.78, 5) is 14.1. The number of hydrogen-bond donors (Lipinski definition) is 1. The van der Waals surface area contributed by atoms with Gasteiger partial charge < -0.3 is 5.32 Å². The topological polar surface area (TPSA) is 78.8 Å². The summed E-state index contributed by atoms with van der Waals surface area (Å²) in [6, 6.07) is 5.13. The molecule has 0 aliphatic rings. The zero-order valence-electron chi connectivity index (χ0n) is 13.7. The molecular weight excluding hydrogens is 334 g/mol. The first-order valence-corrected chi connectivity index (χ1v) is 8.68. The summed E-state index contributed by atoms with van der Waals surface area (Å²) in [6.45, 7) is 5.67. The fourth-order valence-corrected chi connectivity index (χ4v) is 2.70. The summed E-state index contributed by atoms with van der Waals surface area (Å²) in [5.74, 6) is -0.142. The number of nitrogens with zero attached hydrogens (tertiary/aromatic N) is 2. The van der Waals surface area contributed by atoms with Gasteiger partial charge in [0.25, 0.3) is 0 Å². The van der Waals surface area contributed by atoms with Crippen LogP contribution in [-0.4, -0.2) is 37.4 Å². The van der Waals surface area contributed by atoms with E-state index in [2.05, 4.69) is 9.68 Å². The SMILES string of the molecule is CCC(C)N(C(=O)Cc1ccc(C)c(N=S(=O)=O)c1)C(=S)NC. The van der Waals surface area contributed by atoms with E-state index in [9.17, 15) is 13.2 Å². The summed E-state index contributed by atoms with van der Waals surface area (Å²) in [5.41, 5.74) is 1.77. The van der Waals surface area contributed by atoms with Crippen LogP contribution in [0.15, 0.2) is 22.6 Å². The number of hydrogen-bond acceptors (Lipinski definition) is 5. The van der Waals surface area contributed by atoms with Gasteiger partial charge in [-0.15, -0.1) is 4.36 Å². The predicted molar refractivity (Wildman–Crippen MR) is 94.1 cm³/mol. The molecule has 0 aliphatic heterocycles. The van der Waals surface area contributed by atoms with E-state index < -0.39 is 10.5 Å². The van der Waals surface area contributed by atoms with E-state index in [1.807, 2.05) is 13.8 Å². The van der Waals surface area contributed by atoms with E-state index in [0.29, 0.717) is 16.4 Å². The molecule has 0 spiro atoms. The fourth-order valence-electron chi connectivity index (χ4n) is 2.07. The predicted octanol–water partition coefficient (Wildman–Crippen LogP) is 2.36. The van der Waals surface area contributed by atoms with Crippen molar-refractivity contribution in [3.63, 3.8) is 0 Å². The normalized spacial score (nSPS) is 11.5. The van der Waals surface area contributed by atoms with Crippen LogP contribution < -0.4 is 5.32 Å². The van der Waals surface area contributed by atoms with Crippen LogP contribution in [0.3, 0.4) is 0 Å². The molecule has 1 rings (SSSR count). The summed E-state index contributed by atoms with van der Waals surface area (Å²) in [5, 5.41) is 3.21. The third kappa shape index (κ3) is 5.40.